The number of benzene rings is 1. The second kappa shape index (κ2) is 8.09. The molecule has 0 spiro atoms. The van der Waals surface area contributed by atoms with E-state index in [1.165, 1.54) is 6.07 Å². The van der Waals surface area contributed by atoms with Crippen LogP contribution in [0.2, 0.25) is 5.02 Å². The average molecular weight is 287 g/mol. The Morgan fingerprint density at radius 1 is 1.53 bits per heavy atom. The van der Waals surface area contributed by atoms with Crippen molar-refractivity contribution >= 4 is 17.3 Å². The molecule has 0 aliphatic carbocycles. The number of hydrogen-bond donors (Lipinski definition) is 1. The lowest BCUT2D eigenvalue weighted by atomic mass is 10.0. The molecule has 106 valence electrons. The van der Waals surface area contributed by atoms with Gasteiger partial charge in [-0.1, -0.05) is 24.6 Å². The van der Waals surface area contributed by atoms with E-state index in [1.807, 2.05) is 0 Å². The summed E-state index contributed by atoms with van der Waals surface area (Å²) in [5, 5.41) is 14.7. The van der Waals surface area contributed by atoms with E-state index in [9.17, 15) is 10.1 Å². The summed E-state index contributed by atoms with van der Waals surface area (Å²) in [7, 11) is 1.62. The van der Waals surface area contributed by atoms with Gasteiger partial charge in [0.1, 0.15) is 0 Å². The molecule has 1 atom stereocenters. The molecule has 19 heavy (non-hydrogen) atoms. The number of methoxy groups -OCH3 is 1. The lowest BCUT2D eigenvalue weighted by molar-refractivity contribution is -0.385. The largest absolute Gasteiger partial charge is 0.383 e. The van der Waals surface area contributed by atoms with Crippen molar-refractivity contribution in [3.63, 3.8) is 0 Å². The van der Waals surface area contributed by atoms with Crippen LogP contribution in [-0.2, 0) is 11.2 Å². The lowest BCUT2D eigenvalue weighted by Gasteiger charge is -2.17. The van der Waals surface area contributed by atoms with Gasteiger partial charge in [-0.3, -0.25) is 10.1 Å². The second-order valence-electron chi connectivity index (χ2n) is 4.34. The fourth-order valence-corrected chi connectivity index (χ4v) is 2.05. The van der Waals surface area contributed by atoms with E-state index in [0.29, 0.717) is 23.6 Å². The zero-order valence-electron chi connectivity index (χ0n) is 11.2. The lowest BCUT2D eigenvalue weighted by Crippen LogP contribution is -2.35. The van der Waals surface area contributed by atoms with Crippen molar-refractivity contribution in [1.82, 2.24) is 5.32 Å². The minimum atomic E-state index is -0.398. The molecule has 0 amide bonds. The Morgan fingerprint density at radius 3 is 2.84 bits per heavy atom. The first kappa shape index (κ1) is 15.9. The SMILES string of the molecule is CCCNC(COC)Cc1ccc(Cl)cc1[N+](=O)[O-]. The van der Waals surface area contributed by atoms with Crippen LogP contribution in [0.15, 0.2) is 18.2 Å². The molecule has 5 nitrogen and oxygen atoms in total. The first-order valence-electron chi connectivity index (χ1n) is 6.23. The summed E-state index contributed by atoms with van der Waals surface area (Å²) < 4.78 is 5.14. The maximum Gasteiger partial charge on any atom is 0.274 e. The van der Waals surface area contributed by atoms with Crippen molar-refractivity contribution in [2.45, 2.75) is 25.8 Å². The van der Waals surface area contributed by atoms with Crippen molar-refractivity contribution in [3.8, 4) is 0 Å². The molecule has 0 fully saturated rings. The van der Waals surface area contributed by atoms with Gasteiger partial charge in [-0.05, 0) is 25.5 Å². The van der Waals surface area contributed by atoms with Crippen LogP contribution in [0.25, 0.3) is 0 Å². The third-order valence-corrected chi connectivity index (χ3v) is 3.00. The summed E-state index contributed by atoms with van der Waals surface area (Å²) in [5.74, 6) is 0. The molecule has 6 heteroatoms. The molecule has 1 aromatic carbocycles. The van der Waals surface area contributed by atoms with Crippen molar-refractivity contribution in [3.05, 3.63) is 38.9 Å². The van der Waals surface area contributed by atoms with Crippen LogP contribution >= 0.6 is 11.6 Å². The van der Waals surface area contributed by atoms with E-state index in [0.717, 1.165) is 13.0 Å². The van der Waals surface area contributed by atoms with Gasteiger partial charge in [0.25, 0.3) is 5.69 Å². The number of halogens is 1. The number of nitro benzene ring substituents is 1. The molecule has 0 radical (unpaired) electrons. The van der Waals surface area contributed by atoms with Crippen LogP contribution in [-0.4, -0.2) is 31.2 Å². The van der Waals surface area contributed by atoms with Gasteiger partial charge in [0, 0.05) is 29.8 Å². The van der Waals surface area contributed by atoms with E-state index < -0.39 is 4.92 Å². The zero-order chi connectivity index (χ0) is 14.3. The van der Waals surface area contributed by atoms with Crippen LogP contribution in [0.1, 0.15) is 18.9 Å². The minimum Gasteiger partial charge on any atom is -0.383 e. The van der Waals surface area contributed by atoms with Gasteiger partial charge < -0.3 is 10.1 Å². The molecule has 0 aliphatic heterocycles. The second-order valence-corrected chi connectivity index (χ2v) is 4.78. The summed E-state index contributed by atoms with van der Waals surface area (Å²) >= 11 is 5.80. The quantitative estimate of drug-likeness (QED) is 0.589. The molecular weight excluding hydrogens is 268 g/mol. The highest BCUT2D eigenvalue weighted by Gasteiger charge is 2.18. The average Bonchev–Trinajstić information content (AvgIpc) is 2.38. The smallest absolute Gasteiger partial charge is 0.274 e. The molecule has 0 aromatic heterocycles. The number of hydrogen-bond acceptors (Lipinski definition) is 4. The monoisotopic (exact) mass is 286 g/mol. The Balaban J connectivity index is 2.85. The highest BCUT2D eigenvalue weighted by Crippen LogP contribution is 2.24. The zero-order valence-corrected chi connectivity index (χ0v) is 11.9. The number of rotatable bonds is 8. The van der Waals surface area contributed by atoms with Crippen molar-refractivity contribution < 1.29 is 9.66 Å². The standard InChI is InChI=1S/C13H19ClN2O3/c1-3-6-15-12(9-19-2)7-10-4-5-11(14)8-13(10)16(17)18/h4-5,8,12,15H,3,6-7,9H2,1-2H3. The third kappa shape index (κ3) is 5.14. The van der Waals surface area contributed by atoms with Crippen LogP contribution in [0.3, 0.4) is 0 Å². The number of nitro groups is 1. The maximum absolute atomic E-state index is 11.0. The van der Waals surface area contributed by atoms with Crippen molar-refractivity contribution in [2.24, 2.45) is 0 Å². The molecule has 0 bridgehead atoms. The van der Waals surface area contributed by atoms with E-state index >= 15 is 0 Å². The van der Waals surface area contributed by atoms with Crippen LogP contribution in [0.4, 0.5) is 5.69 Å². The van der Waals surface area contributed by atoms with Crippen molar-refractivity contribution in [2.75, 3.05) is 20.3 Å². The number of ether oxygens (including phenoxy) is 1. The van der Waals surface area contributed by atoms with Gasteiger partial charge in [0.2, 0.25) is 0 Å². The first-order chi connectivity index (χ1) is 9.08. The third-order valence-electron chi connectivity index (χ3n) is 2.76. The summed E-state index contributed by atoms with van der Waals surface area (Å²) in [4.78, 5) is 10.6. The molecule has 1 rings (SSSR count). The fourth-order valence-electron chi connectivity index (χ4n) is 1.88. The molecular formula is C13H19ClN2O3. The van der Waals surface area contributed by atoms with Gasteiger partial charge in [-0.2, -0.15) is 0 Å². The molecule has 0 aliphatic rings. The molecule has 1 N–H and O–H groups in total. The summed E-state index contributed by atoms with van der Waals surface area (Å²) in [5.41, 5.74) is 0.729. The molecule has 1 unspecified atom stereocenters. The van der Waals surface area contributed by atoms with E-state index in [1.54, 1.807) is 19.2 Å². The van der Waals surface area contributed by atoms with Crippen LogP contribution < -0.4 is 5.32 Å². The highest BCUT2D eigenvalue weighted by molar-refractivity contribution is 6.30. The summed E-state index contributed by atoms with van der Waals surface area (Å²) in [6.45, 7) is 3.44. The van der Waals surface area contributed by atoms with Crippen LogP contribution in [0.5, 0.6) is 0 Å². The fraction of sp³-hybridized carbons (Fsp3) is 0.538. The molecule has 1 aromatic rings. The van der Waals surface area contributed by atoms with Gasteiger partial charge >= 0.3 is 0 Å². The van der Waals surface area contributed by atoms with Gasteiger partial charge in [-0.25, -0.2) is 0 Å². The summed E-state index contributed by atoms with van der Waals surface area (Å²) in [6.07, 6.45) is 1.55. The Hall–Kier alpha value is -1.17. The maximum atomic E-state index is 11.0. The van der Waals surface area contributed by atoms with Crippen LogP contribution in [0, 0.1) is 10.1 Å². The number of nitrogens with one attached hydrogen (secondary N) is 1. The topological polar surface area (TPSA) is 64.4 Å². The predicted molar refractivity (Wildman–Crippen MR) is 75.8 cm³/mol. The Morgan fingerprint density at radius 2 is 2.26 bits per heavy atom. The van der Waals surface area contributed by atoms with E-state index in [4.69, 9.17) is 16.3 Å². The van der Waals surface area contributed by atoms with Gasteiger partial charge in [0.15, 0.2) is 0 Å². The van der Waals surface area contributed by atoms with E-state index in [2.05, 4.69) is 12.2 Å². The first-order valence-corrected chi connectivity index (χ1v) is 6.61. The Kier molecular flexibility index (Phi) is 6.77. The Labute approximate surface area is 118 Å². The Bertz CT molecular complexity index is 426. The molecule has 0 heterocycles. The van der Waals surface area contributed by atoms with E-state index in [-0.39, 0.29) is 11.7 Å². The predicted octanol–water partition coefficient (Wildman–Crippen LogP) is 2.81. The normalized spacial score (nSPS) is 12.4. The molecule has 0 saturated heterocycles. The van der Waals surface area contributed by atoms with Gasteiger partial charge in [-0.15, -0.1) is 0 Å². The van der Waals surface area contributed by atoms with Crippen molar-refractivity contribution in [1.29, 1.82) is 0 Å². The highest BCUT2D eigenvalue weighted by atomic mass is 35.5. The summed E-state index contributed by atoms with van der Waals surface area (Å²) in [6, 6.07) is 4.83. The minimum absolute atomic E-state index is 0.0600. The van der Waals surface area contributed by atoms with Gasteiger partial charge in [0.05, 0.1) is 11.5 Å². The number of nitrogens with zero attached hydrogens (tertiary/aromatic N) is 1. The molecule has 0 saturated carbocycles.